The van der Waals surface area contributed by atoms with Crippen molar-refractivity contribution in [3.8, 4) is 0 Å². The number of rotatable bonds is 6. The molecule has 1 fully saturated rings. The predicted molar refractivity (Wildman–Crippen MR) is 75.1 cm³/mol. The number of hydrogen-bond donors (Lipinski definition) is 6. The summed E-state index contributed by atoms with van der Waals surface area (Å²) in [5.41, 5.74) is 5.53. The molecule has 140 valence electrons. The molecule has 9 nitrogen and oxygen atoms in total. The quantitative estimate of drug-likeness (QED) is 0.308. The number of nitrogens with one attached hydrogen (secondary N) is 1. The highest BCUT2D eigenvalue weighted by Gasteiger charge is 2.62. The summed E-state index contributed by atoms with van der Waals surface area (Å²) in [6, 6.07) is -3.41. The molecule has 0 saturated carbocycles. The van der Waals surface area contributed by atoms with Crippen LogP contribution in [0, 0.1) is 5.92 Å². The van der Waals surface area contributed by atoms with E-state index in [0.29, 0.717) is 0 Å². The van der Waals surface area contributed by atoms with Crippen molar-refractivity contribution in [2.75, 3.05) is 6.61 Å². The third-order valence-electron chi connectivity index (χ3n) is 3.81. The van der Waals surface area contributed by atoms with Crippen LogP contribution in [0.4, 0.5) is 8.78 Å². The second kappa shape index (κ2) is 7.66. The molecule has 7 atom stereocenters. The Hall–Kier alpha value is -1.40. The normalized spacial score (nSPS) is 36.2. The van der Waals surface area contributed by atoms with Gasteiger partial charge in [-0.15, -0.1) is 0 Å². The molecule has 0 spiro atoms. The molecule has 7 N–H and O–H groups in total. The highest BCUT2D eigenvalue weighted by molar-refractivity contribution is 5.79. The van der Waals surface area contributed by atoms with Crippen molar-refractivity contribution in [1.82, 2.24) is 5.32 Å². The minimum Gasteiger partial charge on any atom is -0.477 e. The first-order valence-corrected chi connectivity index (χ1v) is 7.24. The van der Waals surface area contributed by atoms with Crippen molar-refractivity contribution in [1.29, 1.82) is 0 Å². The van der Waals surface area contributed by atoms with Crippen LogP contribution in [0.25, 0.3) is 0 Å². The number of hydrogen-bond acceptors (Lipinski definition) is 7. The van der Waals surface area contributed by atoms with E-state index in [1.807, 2.05) is 0 Å². The molecular weight excluding hydrogens is 334 g/mol. The van der Waals surface area contributed by atoms with Gasteiger partial charge >= 0.3 is 11.8 Å². The number of aliphatic hydroxyl groups is 3. The molecule has 1 aliphatic rings. The third-order valence-corrected chi connectivity index (χ3v) is 3.81. The molecule has 1 rings (SSSR count). The summed E-state index contributed by atoms with van der Waals surface area (Å²) in [5, 5.41) is 39.4. The van der Waals surface area contributed by atoms with E-state index in [-0.39, 0.29) is 0 Å². The van der Waals surface area contributed by atoms with Gasteiger partial charge < -0.3 is 36.2 Å². The summed E-state index contributed by atoms with van der Waals surface area (Å²) in [6.07, 6.45) is -8.63. The van der Waals surface area contributed by atoms with E-state index in [4.69, 9.17) is 15.9 Å². The largest absolute Gasteiger partial charge is 0.477 e. The molecule has 1 amide bonds. The molecule has 0 aromatic heterocycles. The average Bonchev–Trinajstić information content (AvgIpc) is 2.53. The highest BCUT2D eigenvalue weighted by atomic mass is 19.2. The molecule has 5 unspecified atom stereocenters. The Morgan fingerprint density at radius 1 is 1.38 bits per heavy atom. The molecule has 0 aromatic carbocycles. The van der Waals surface area contributed by atoms with Gasteiger partial charge in [0.05, 0.1) is 18.7 Å². The number of carboxylic acid groups (broad SMARTS) is 1. The van der Waals surface area contributed by atoms with Gasteiger partial charge in [0.1, 0.15) is 18.3 Å². The fourth-order valence-electron chi connectivity index (χ4n) is 2.27. The Labute approximate surface area is 136 Å². The minimum absolute atomic E-state index is 0.577. The van der Waals surface area contributed by atoms with Gasteiger partial charge in [-0.3, -0.25) is 4.79 Å². The zero-order chi connectivity index (χ0) is 18.8. The Kier molecular flexibility index (Phi) is 6.59. The van der Waals surface area contributed by atoms with E-state index in [2.05, 4.69) is 10.1 Å². The van der Waals surface area contributed by atoms with E-state index in [1.165, 1.54) is 13.8 Å². The second-order valence-corrected chi connectivity index (χ2v) is 5.94. The molecule has 24 heavy (non-hydrogen) atoms. The van der Waals surface area contributed by atoms with E-state index in [0.717, 1.165) is 0 Å². The number of aliphatic carboxylic acids is 1. The van der Waals surface area contributed by atoms with Gasteiger partial charge in [0, 0.05) is 5.92 Å². The smallest absolute Gasteiger partial charge is 0.372 e. The Balaban J connectivity index is 3.21. The summed E-state index contributed by atoms with van der Waals surface area (Å²) in [5.74, 6) is -7.40. The molecule has 0 aliphatic carbocycles. The SMILES string of the molecule is CC(C)C(=O)NC1C(N)C(F)C(F)(C(=O)O)OC1[C@H](O)[C@H](O)CO. The first-order valence-electron chi connectivity index (χ1n) is 7.24. The molecule has 0 aromatic rings. The lowest BCUT2D eigenvalue weighted by Gasteiger charge is -2.46. The summed E-state index contributed by atoms with van der Waals surface area (Å²) < 4.78 is 33.0. The van der Waals surface area contributed by atoms with Gasteiger partial charge in [0.25, 0.3) is 0 Å². The van der Waals surface area contributed by atoms with Crippen molar-refractivity contribution in [3.05, 3.63) is 0 Å². The van der Waals surface area contributed by atoms with E-state index >= 15 is 0 Å². The van der Waals surface area contributed by atoms with Crippen molar-refractivity contribution < 1.29 is 43.5 Å². The lowest BCUT2D eigenvalue weighted by atomic mass is 9.86. The van der Waals surface area contributed by atoms with Crippen LogP contribution >= 0.6 is 0 Å². The van der Waals surface area contributed by atoms with Crippen molar-refractivity contribution in [2.45, 2.75) is 56.3 Å². The molecule has 11 heteroatoms. The molecule has 1 aliphatic heterocycles. The molecule has 0 radical (unpaired) electrons. The fourth-order valence-corrected chi connectivity index (χ4v) is 2.27. The van der Waals surface area contributed by atoms with E-state index in [9.17, 15) is 28.6 Å². The van der Waals surface area contributed by atoms with Gasteiger partial charge in [0.15, 0.2) is 6.17 Å². The zero-order valence-corrected chi connectivity index (χ0v) is 13.1. The lowest BCUT2D eigenvalue weighted by molar-refractivity contribution is -0.276. The number of halogens is 2. The number of ether oxygens (including phenoxy) is 1. The van der Waals surface area contributed by atoms with Crippen LogP contribution in [-0.4, -0.2) is 81.3 Å². The number of nitrogens with two attached hydrogens (primary N) is 1. The van der Waals surface area contributed by atoms with Crippen LogP contribution in [0.3, 0.4) is 0 Å². The number of alkyl halides is 2. The maximum absolute atomic E-state index is 14.3. The van der Waals surface area contributed by atoms with Crippen LogP contribution in [0.1, 0.15) is 13.8 Å². The number of carbonyl (C=O) groups is 2. The number of amides is 1. The Morgan fingerprint density at radius 2 is 1.92 bits per heavy atom. The Morgan fingerprint density at radius 3 is 2.33 bits per heavy atom. The number of carbonyl (C=O) groups excluding carboxylic acids is 1. The van der Waals surface area contributed by atoms with Gasteiger partial charge in [-0.05, 0) is 0 Å². The first-order chi connectivity index (χ1) is 11.0. The zero-order valence-electron chi connectivity index (χ0n) is 13.1. The monoisotopic (exact) mass is 356 g/mol. The second-order valence-electron chi connectivity index (χ2n) is 5.94. The van der Waals surface area contributed by atoms with Crippen molar-refractivity contribution in [3.63, 3.8) is 0 Å². The van der Waals surface area contributed by atoms with Crippen LogP contribution in [0.15, 0.2) is 0 Å². The summed E-state index contributed by atoms with van der Waals surface area (Å²) in [7, 11) is 0. The van der Waals surface area contributed by atoms with E-state index < -0.39 is 66.8 Å². The molecule has 1 heterocycles. The lowest BCUT2D eigenvalue weighted by Crippen LogP contribution is -2.73. The topological polar surface area (TPSA) is 162 Å². The van der Waals surface area contributed by atoms with Gasteiger partial charge in [0.2, 0.25) is 5.91 Å². The average molecular weight is 356 g/mol. The summed E-state index contributed by atoms with van der Waals surface area (Å²) >= 11 is 0. The number of carboxylic acids is 1. The maximum atomic E-state index is 14.3. The Bertz CT molecular complexity index is 481. The summed E-state index contributed by atoms with van der Waals surface area (Å²) in [6.45, 7) is 2.04. The van der Waals surface area contributed by atoms with Crippen LogP contribution < -0.4 is 11.1 Å². The van der Waals surface area contributed by atoms with Gasteiger partial charge in [-0.2, -0.15) is 4.39 Å². The predicted octanol–water partition coefficient (Wildman–Crippen LogP) is -2.34. The van der Waals surface area contributed by atoms with Gasteiger partial charge in [-0.25, -0.2) is 9.18 Å². The fraction of sp³-hybridized carbons (Fsp3) is 0.846. The molecule has 0 bridgehead atoms. The van der Waals surface area contributed by atoms with Crippen LogP contribution in [0.2, 0.25) is 0 Å². The molecular formula is C13H22F2N2O7. The molecule has 1 saturated heterocycles. The highest BCUT2D eigenvalue weighted by Crippen LogP contribution is 2.35. The van der Waals surface area contributed by atoms with Gasteiger partial charge in [-0.1, -0.05) is 13.8 Å². The van der Waals surface area contributed by atoms with Crippen molar-refractivity contribution in [2.24, 2.45) is 11.7 Å². The summed E-state index contributed by atoms with van der Waals surface area (Å²) in [4.78, 5) is 22.8. The van der Waals surface area contributed by atoms with Crippen molar-refractivity contribution >= 4 is 11.9 Å². The maximum Gasteiger partial charge on any atom is 0.372 e. The van der Waals surface area contributed by atoms with Crippen LogP contribution in [0.5, 0.6) is 0 Å². The number of aliphatic hydroxyl groups excluding tert-OH is 3. The van der Waals surface area contributed by atoms with Crippen LogP contribution in [-0.2, 0) is 14.3 Å². The minimum atomic E-state index is -3.88. The standard InChI is InChI=1S/C13H22F2N2O7/c1-4(2)11(21)17-7-6(16)10(14)13(15,12(22)23)24-9(7)8(20)5(19)3-18/h4-10,18-20H,3,16H2,1-2H3,(H,17,21)(H,22,23)/t5-,6?,7?,8-,9?,10?,13?/m1/s1. The first kappa shape index (κ1) is 20.6. The van der Waals surface area contributed by atoms with E-state index in [1.54, 1.807) is 0 Å². The third kappa shape index (κ3) is 3.81.